The second-order valence-electron chi connectivity index (χ2n) is 2.67. The minimum atomic E-state index is -0.329. The largest absolute Gasteiger partial charge is 0.306 e. The summed E-state index contributed by atoms with van der Waals surface area (Å²) in [7, 11) is 0. The highest BCUT2D eigenvalue weighted by molar-refractivity contribution is 5.81. The van der Waals surface area contributed by atoms with Gasteiger partial charge in [-0.3, -0.25) is 10.0 Å². The van der Waals surface area contributed by atoms with Gasteiger partial charge in [0.1, 0.15) is 0 Å². The van der Waals surface area contributed by atoms with Crippen LogP contribution in [0.15, 0.2) is 0 Å². The molecule has 1 fully saturated rings. The molecule has 1 saturated heterocycles. The van der Waals surface area contributed by atoms with E-state index in [1.165, 1.54) is 0 Å². The lowest BCUT2D eigenvalue weighted by atomic mass is 10.0. The van der Waals surface area contributed by atoms with Crippen LogP contribution in [0.2, 0.25) is 0 Å². The summed E-state index contributed by atoms with van der Waals surface area (Å²) in [5.74, 6) is -0.00264. The Labute approximate surface area is 59.6 Å². The van der Waals surface area contributed by atoms with Gasteiger partial charge in [-0.1, -0.05) is 6.92 Å². The molecule has 1 amide bonds. The van der Waals surface area contributed by atoms with E-state index in [-0.39, 0.29) is 11.9 Å². The molecule has 2 unspecified atom stereocenters. The first-order valence-corrected chi connectivity index (χ1v) is 3.43. The summed E-state index contributed by atoms with van der Waals surface area (Å²) in [5, 5.41) is 11.3. The molecule has 0 aliphatic carbocycles. The molecule has 4 heteroatoms. The quantitative estimate of drug-likeness (QED) is 0.343. The smallest absolute Gasteiger partial charge is 0.260 e. The molecule has 58 valence electrons. The van der Waals surface area contributed by atoms with Crippen molar-refractivity contribution in [3.05, 3.63) is 0 Å². The molecule has 1 rings (SSSR count). The lowest BCUT2D eigenvalue weighted by molar-refractivity contribution is -0.131. The molecule has 0 saturated carbocycles. The number of nitrogens with one attached hydrogen (secondary N) is 2. The summed E-state index contributed by atoms with van der Waals surface area (Å²) in [6.45, 7) is 2.85. The highest BCUT2D eigenvalue weighted by Gasteiger charge is 2.28. The molecule has 0 spiro atoms. The number of carbonyl (C=O) groups is 1. The van der Waals surface area contributed by atoms with Crippen LogP contribution in [0.3, 0.4) is 0 Å². The van der Waals surface area contributed by atoms with Gasteiger partial charge >= 0.3 is 0 Å². The topological polar surface area (TPSA) is 61.4 Å². The Kier molecular flexibility index (Phi) is 2.24. The molecule has 1 aliphatic heterocycles. The zero-order valence-corrected chi connectivity index (χ0v) is 5.92. The first-order valence-electron chi connectivity index (χ1n) is 3.43. The van der Waals surface area contributed by atoms with Crippen LogP contribution in [0.25, 0.3) is 0 Å². The minimum absolute atomic E-state index is 0.204. The van der Waals surface area contributed by atoms with Crippen LogP contribution >= 0.6 is 0 Å². The van der Waals surface area contributed by atoms with Gasteiger partial charge < -0.3 is 5.32 Å². The van der Waals surface area contributed by atoms with Crippen molar-refractivity contribution in [1.82, 2.24) is 10.8 Å². The fraction of sp³-hybridized carbons (Fsp3) is 0.833. The van der Waals surface area contributed by atoms with Crippen LogP contribution in [0, 0.1) is 5.92 Å². The van der Waals surface area contributed by atoms with Gasteiger partial charge in [-0.25, -0.2) is 5.48 Å². The fourth-order valence-electron chi connectivity index (χ4n) is 1.26. The Morgan fingerprint density at radius 2 is 2.50 bits per heavy atom. The van der Waals surface area contributed by atoms with Crippen LogP contribution in [0.1, 0.15) is 13.3 Å². The van der Waals surface area contributed by atoms with E-state index in [9.17, 15) is 4.79 Å². The van der Waals surface area contributed by atoms with Crippen molar-refractivity contribution in [2.24, 2.45) is 5.92 Å². The second kappa shape index (κ2) is 2.98. The summed E-state index contributed by atoms with van der Waals surface area (Å²) < 4.78 is 0. The predicted molar refractivity (Wildman–Crippen MR) is 35.5 cm³/mol. The number of hydrogen-bond donors (Lipinski definition) is 3. The molecule has 0 aromatic heterocycles. The van der Waals surface area contributed by atoms with E-state index in [2.05, 4.69) is 5.32 Å². The highest BCUT2D eigenvalue weighted by Crippen LogP contribution is 2.13. The standard InChI is InChI=1S/C6H12N2O2/c1-4-2-3-7-5(4)6(9)8-10/h4-5,7,10H,2-3H2,1H3,(H,8,9). The summed E-state index contributed by atoms with van der Waals surface area (Å²) in [6, 6.07) is -0.204. The lowest BCUT2D eigenvalue weighted by Gasteiger charge is -2.11. The number of hydrogen-bond acceptors (Lipinski definition) is 3. The molecular weight excluding hydrogens is 132 g/mol. The van der Waals surface area contributed by atoms with E-state index >= 15 is 0 Å². The number of hydroxylamine groups is 1. The molecule has 0 bridgehead atoms. The third-order valence-corrected chi connectivity index (χ3v) is 1.93. The molecule has 0 aromatic carbocycles. The van der Waals surface area contributed by atoms with Crippen molar-refractivity contribution in [2.45, 2.75) is 19.4 Å². The molecule has 1 aliphatic rings. The Morgan fingerprint density at radius 3 is 2.90 bits per heavy atom. The number of carbonyl (C=O) groups excluding carboxylic acids is 1. The van der Waals surface area contributed by atoms with Crippen LogP contribution in [0.4, 0.5) is 0 Å². The summed E-state index contributed by atoms with van der Waals surface area (Å²) in [6.07, 6.45) is 0.998. The molecule has 0 radical (unpaired) electrons. The van der Waals surface area contributed by atoms with Crippen LogP contribution < -0.4 is 10.8 Å². The van der Waals surface area contributed by atoms with Gasteiger partial charge in [0, 0.05) is 0 Å². The maximum Gasteiger partial charge on any atom is 0.260 e. The number of rotatable bonds is 1. The first kappa shape index (κ1) is 7.50. The number of amides is 1. The summed E-state index contributed by atoms with van der Waals surface area (Å²) in [5.41, 5.74) is 1.64. The Bertz CT molecular complexity index is 138. The first-order chi connectivity index (χ1) is 4.75. The molecule has 2 atom stereocenters. The minimum Gasteiger partial charge on any atom is -0.306 e. The molecule has 4 nitrogen and oxygen atoms in total. The third kappa shape index (κ3) is 1.27. The zero-order chi connectivity index (χ0) is 7.56. The normalized spacial score (nSPS) is 32.2. The maximum absolute atomic E-state index is 10.8. The second-order valence-corrected chi connectivity index (χ2v) is 2.67. The van der Waals surface area contributed by atoms with Gasteiger partial charge in [0.25, 0.3) is 5.91 Å². The van der Waals surface area contributed by atoms with E-state index in [1.54, 1.807) is 5.48 Å². The Hall–Kier alpha value is -0.610. The Balaban J connectivity index is 2.46. The van der Waals surface area contributed by atoms with Crippen molar-refractivity contribution in [1.29, 1.82) is 0 Å². The van der Waals surface area contributed by atoms with E-state index in [4.69, 9.17) is 5.21 Å². The van der Waals surface area contributed by atoms with Crippen molar-refractivity contribution in [3.8, 4) is 0 Å². The Morgan fingerprint density at radius 1 is 1.80 bits per heavy atom. The lowest BCUT2D eigenvalue weighted by Crippen LogP contribution is -2.41. The van der Waals surface area contributed by atoms with Gasteiger partial charge in [-0.2, -0.15) is 0 Å². The molecule has 10 heavy (non-hydrogen) atoms. The van der Waals surface area contributed by atoms with Gasteiger partial charge in [-0.15, -0.1) is 0 Å². The van der Waals surface area contributed by atoms with E-state index in [1.807, 2.05) is 6.92 Å². The molecule has 3 N–H and O–H groups in total. The maximum atomic E-state index is 10.8. The average molecular weight is 144 g/mol. The van der Waals surface area contributed by atoms with Crippen molar-refractivity contribution in [3.63, 3.8) is 0 Å². The molecule has 1 heterocycles. The SMILES string of the molecule is CC1CCNC1C(=O)NO. The van der Waals surface area contributed by atoms with E-state index < -0.39 is 0 Å². The van der Waals surface area contributed by atoms with Gasteiger partial charge in [-0.05, 0) is 18.9 Å². The highest BCUT2D eigenvalue weighted by atomic mass is 16.5. The van der Waals surface area contributed by atoms with Gasteiger partial charge in [0.05, 0.1) is 6.04 Å². The third-order valence-electron chi connectivity index (χ3n) is 1.93. The van der Waals surface area contributed by atoms with Crippen molar-refractivity contribution >= 4 is 5.91 Å². The monoisotopic (exact) mass is 144 g/mol. The molecular formula is C6H12N2O2. The van der Waals surface area contributed by atoms with E-state index in [0.29, 0.717) is 5.92 Å². The van der Waals surface area contributed by atoms with Gasteiger partial charge in [0.2, 0.25) is 0 Å². The van der Waals surface area contributed by atoms with Crippen LogP contribution in [-0.4, -0.2) is 23.7 Å². The van der Waals surface area contributed by atoms with E-state index in [0.717, 1.165) is 13.0 Å². The van der Waals surface area contributed by atoms with Crippen LogP contribution in [-0.2, 0) is 4.79 Å². The van der Waals surface area contributed by atoms with Crippen molar-refractivity contribution in [2.75, 3.05) is 6.54 Å². The zero-order valence-electron chi connectivity index (χ0n) is 5.92. The summed E-state index contributed by atoms with van der Waals surface area (Å²) in [4.78, 5) is 10.8. The van der Waals surface area contributed by atoms with Crippen LogP contribution in [0.5, 0.6) is 0 Å². The fourth-order valence-corrected chi connectivity index (χ4v) is 1.26. The predicted octanol–water partition coefficient (Wildman–Crippen LogP) is -0.510. The summed E-state index contributed by atoms with van der Waals surface area (Å²) >= 11 is 0. The molecule has 0 aromatic rings. The van der Waals surface area contributed by atoms with Gasteiger partial charge in [0.15, 0.2) is 0 Å². The van der Waals surface area contributed by atoms with Crippen molar-refractivity contribution < 1.29 is 10.0 Å². The average Bonchev–Trinajstić information content (AvgIpc) is 2.34.